The van der Waals surface area contributed by atoms with E-state index >= 15 is 0 Å². The van der Waals surface area contributed by atoms with Crippen LogP contribution < -0.4 is 15.5 Å². The highest BCUT2D eigenvalue weighted by molar-refractivity contribution is 6.31. The van der Waals surface area contributed by atoms with Crippen LogP contribution in [-0.4, -0.2) is 31.2 Å². The Morgan fingerprint density at radius 2 is 1.76 bits per heavy atom. The van der Waals surface area contributed by atoms with Crippen molar-refractivity contribution in [2.75, 3.05) is 36.0 Å². The van der Waals surface area contributed by atoms with E-state index in [9.17, 15) is 0 Å². The third kappa shape index (κ3) is 2.96. The number of aromatic nitrogens is 1. The van der Waals surface area contributed by atoms with E-state index in [1.165, 1.54) is 0 Å². The highest BCUT2D eigenvalue weighted by Gasteiger charge is 2.20. The van der Waals surface area contributed by atoms with Gasteiger partial charge in [-0.15, -0.1) is 0 Å². The first-order valence-electron chi connectivity index (χ1n) is 7.18. The SMILES string of the molecule is NCc1c(Cl)cccc1N1CCN(c2ccccn2)CC1. The van der Waals surface area contributed by atoms with E-state index in [0.29, 0.717) is 6.54 Å². The van der Waals surface area contributed by atoms with Gasteiger partial charge in [0.25, 0.3) is 0 Å². The standard InChI is InChI=1S/C16H19ClN4/c17-14-4-3-5-15(13(14)12-18)20-8-10-21(11-9-20)16-6-1-2-7-19-16/h1-7H,8-12,18H2. The molecule has 0 unspecified atom stereocenters. The Labute approximate surface area is 130 Å². The lowest BCUT2D eigenvalue weighted by Gasteiger charge is -2.37. The molecule has 0 atom stereocenters. The molecule has 0 bridgehead atoms. The van der Waals surface area contributed by atoms with Gasteiger partial charge in [-0.2, -0.15) is 0 Å². The van der Waals surface area contributed by atoms with Crippen LogP contribution in [0, 0.1) is 0 Å². The van der Waals surface area contributed by atoms with Crippen LogP contribution in [0.1, 0.15) is 5.56 Å². The molecule has 4 nitrogen and oxygen atoms in total. The Bertz CT molecular complexity index is 594. The molecule has 1 aliphatic heterocycles. The molecule has 0 aliphatic carbocycles. The number of piperazine rings is 1. The number of nitrogens with two attached hydrogens (primary N) is 1. The summed E-state index contributed by atoms with van der Waals surface area (Å²) in [6.07, 6.45) is 1.84. The number of pyridine rings is 1. The minimum Gasteiger partial charge on any atom is -0.368 e. The van der Waals surface area contributed by atoms with Gasteiger partial charge in [-0.25, -0.2) is 4.98 Å². The summed E-state index contributed by atoms with van der Waals surface area (Å²) in [5.74, 6) is 1.04. The summed E-state index contributed by atoms with van der Waals surface area (Å²) in [7, 11) is 0. The summed E-state index contributed by atoms with van der Waals surface area (Å²) in [6.45, 7) is 4.27. The third-order valence-electron chi connectivity index (χ3n) is 3.89. The lowest BCUT2D eigenvalue weighted by atomic mass is 10.1. The fourth-order valence-electron chi connectivity index (χ4n) is 2.76. The van der Waals surface area contributed by atoms with Crippen molar-refractivity contribution in [1.29, 1.82) is 0 Å². The van der Waals surface area contributed by atoms with Gasteiger partial charge >= 0.3 is 0 Å². The Morgan fingerprint density at radius 3 is 2.43 bits per heavy atom. The molecule has 21 heavy (non-hydrogen) atoms. The average Bonchev–Trinajstić information content (AvgIpc) is 2.55. The zero-order valence-electron chi connectivity index (χ0n) is 11.9. The molecular weight excluding hydrogens is 284 g/mol. The second-order valence-corrected chi connectivity index (χ2v) is 5.51. The Kier molecular flexibility index (Phi) is 4.27. The Morgan fingerprint density at radius 1 is 1.00 bits per heavy atom. The summed E-state index contributed by atoms with van der Waals surface area (Å²) < 4.78 is 0. The first kappa shape index (κ1) is 14.2. The number of hydrogen-bond acceptors (Lipinski definition) is 4. The molecule has 2 heterocycles. The number of halogens is 1. The molecule has 1 aliphatic rings. The van der Waals surface area contributed by atoms with Crippen LogP contribution >= 0.6 is 11.6 Å². The number of anilines is 2. The predicted molar refractivity (Wildman–Crippen MR) is 88.0 cm³/mol. The van der Waals surface area contributed by atoms with E-state index in [1.54, 1.807) is 0 Å². The Balaban J connectivity index is 1.73. The van der Waals surface area contributed by atoms with E-state index < -0.39 is 0 Å². The molecule has 1 saturated heterocycles. The second-order valence-electron chi connectivity index (χ2n) is 5.10. The summed E-state index contributed by atoms with van der Waals surface area (Å²) in [4.78, 5) is 9.08. The molecule has 1 fully saturated rings. The van der Waals surface area contributed by atoms with Gasteiger partial charge in [-0.3, -0.25) is 0 Å². The van der Waals surface area contributed by atoms with Crippen molar-refractivity contribution in [1.82, 2.24) is 4.98 Å². The number of hydrogen-bond donors (Lipinski definition) is 1. The van der Waals surface area contributed by atoms with E-state index in [0.717, 1.165) is 48.3 Å². The zero-order valence-corrected chi connectivity index (χ0v) is 12.6. The van der Waals surface area contributed by atoms with Crippen molar-refractivity contribution in [3.05, 3.63) is 53.2 Å². The monoisotopic (exact) mass is 302 g/mol. The molecular formula is C16H19ClN4. The lowest BCUT2D eigenvalue weighted by molar-refractivity contribution is 0.645. The van der Waals surface area contributed by atoms with Crippen molar-refractivity contribution in [2.24, 2.45) is 5.73 Å². The topological polar surface area (TPSA) is 45.4 Å². The fourth-order valence-corrected chi connectivity index (χ4v) is 3.01. The summed E-state index contributed by atoms with van der Waals surface area (Å²) >= 11 is 6.25. The van der Waals surface area contributed by atoms with Crippen LogP contribution in [0.5, 0.6) is 0 Å². The van der Waals surface area contributed by atoms with Gasteiger partial charge in [0.15, 0.2) is 0 Å². The highest BCUT2D eigenvalue weighted by Crippen LogP contribution is 2.28. The Hall–Kier alpha value is -1.78. The highest BCUT2D eigenvalue weighted by atomic mass is 35.5. The second kappa shape index (κ2) is 6.33. The molecule has 0 radical (unpaired) electrons. The van der Waals surface area contributed by atoms with E-state index in [2.05, 4.69) is 26.9 Å². The molecule has 3 rings (SSSR count). The normalized spacial score (nSPS) is 15.3. The van der Waals surface area contributed by atoms with Gasteiger partial charge in [-0.05, 0) is 24.3 Å². The fraction of sp³-hybridized carbons (Fsp3) is 0.312. The van der Waals surface area contributed by atoms with Crippen LogP contribution in [0.2, 0.25) is 5.02 Å². The summed E-state index contributed by atoms with van der Waals surface area (Å²) in [6, 6.07) is 12.0. The molecule has 0 amide bonds. The minimum atomic E-state index is 0.468. The minimum absolute atomic E-state index is 0.468. The summed E-state index contributed by atoms with van der Waals surface area (Å²) in [5, 5.41) is 0.752. The molecule has 1 aromatic carbocycles. The lowest BCUT2D eigenvalue weighted by Crippen LogP contribution is -2.47. The number of rotatable bonds is 3. The molecule has 0 spiro atoms. The van der Waals surface area contributed by atoms with Gasteiger partial charge < -0.3 is 15.5 Å². The van der Waals surface area contributed by atoms with Gasteiger partial charge in [0.05, 0.1) is 0 Å². The van der Waals surface area contributed by atoms with Crippen LogP contribution in [0.25, 0.3) is 0 Å². The van der Waals surface area contributed by atoms with Crippen molar-refractivity contribution in [3.63, 3.8) is 0 Å². The summed E-state index contributed by atoms with van der Waals surface area (Å²) in [5.41, 5.74) is 8.04. The van der Waals surface area contributed by atoms with Crippen molar-refractivity contribution in [2.45, 2.75) is 6.54 Å². The van der Waals surface area contributed by atoms with Gasteiger partial charge in [0.2, 0.25) is 0 Å². The third-order valence-corrected chi connectivity index (χ3v) is 4.25. The first-order chi connectivity index (χ1) is 10.3. The van der Waals surface area contributed by atoms with E-state index in [4.69, 9.17) is 17.3 Å². The largest absolute Gasteiger partial charge is 0.368 e. The van der Waals surface area contributed by atoms with E-state index in [1.807, 2.05) is 30.5 Å². The number of benzene rings is 1. The van der Waals surface area contributed by atoms with Gasteiger partial charge in [0, 0.05) is 55.2 Å². The molecule has 5 heteroatoms. The molecule has 1 aromatic heterocycles. The molecule has 2 N–H and O–H groups in total. The maximum Gasteiger partial charge on any atom is 0.128 e. The van der Waals surface area contributed by atoms with Gasteiger partial charge in [0.1, 0.15) is 5.82 Å². The molecule has 110 valence electrons. The smallest absolute Gasteiger partial charge is 0.128 e. The molecule has 2 aromatic rings. The first-order valence-corrected chi connectivity index (χ1v) is 7.56. The van der Waals surface area contributed by atoms with Gasteiger partial charge in [-0.1, -0.05) is 23.7 Å². The van der Waals surface area contributed by atoms with Crippen molar-refractivity contribution >= 4 is 23.1 Å². The van der Waals surface area contributed by atoms with Crippen molar-refractivity contribution < 1.29 is 0 Å². The average molecular weight is 303 g/mol. The van der Waals surface area contributed by atoms with Crippen LogP contribution in [0.4, 0.5) is 11.5 Å². The maximum absolute atomic E-state index is 6.25. The zero-order chi connectivity index (χ0) is 14.7. The van der Waals surface area contributed by atoms with E-state index in [-0.39, 0.29) is 0 Å². The number of nitrogens with zero attached hydrogens (tertiary/aromatic N) is 3. The molecule has 0 saturated carbocycles. The van der Waals surface area contributed by atoms with Crippen LogP contribution in [0.15, 0.2) is 42.6 Å². The predicted octanol–water partition coefficient (Wildman–Crippen LogP) is 2.52. The van der Waals surface area contributed by atoms with Crippen molar-refractivity contribution in [3.8, 4) is 0 Å². The quantitative estimate of drug-likeness (QED) is 0.946. The maximum atomic E-state index is 6.25. The van der Waals surface area contributed by atoms with Crippen LogP contribution in [-0.2, 0) is 6.54 Å². The van der Waals surface area contributed by atoms with Crippen LogP contribution in [0.3, 0.4) is 0 Å².